The number of aliphatic hydroxyl groups excluding tert-OH is 1. The highest BCUT2D eigenvalue weighted by Crippen LogP contribution is 2.40. The molecule has 2 aromatic carbocycles. The quantitative estimate of drug-likeness (QED) is 0.436. The van der Waals surface area contributed by atoms with E-state index >= 15 is 0 Å². The standard InChI is InChI=1S/C21H23N3O4.2ClH.H2O/c25-13-12-22-8-10-23(11-9-22)15-16-6-7-19-18(14-16)20(21(28-19)24(26)27)17-4-2-1-3-5-17;;;/h1-7,14,25H,8-13,15H2;2*1H;1H2. The molecule has 31 heavy (non-hydrogen) atoms. The summed E-state index contributed by atoms with van der Waals surface area (Å²) in [6.07, 6.45) is 0. The minimum Gasteiger partial charge on any atom is -0.412 e. The van der Waals surface area contributed by atoms with Crippen LogP contribution in [-0.2, 0) is 6.54 Å². The Bertz CT molecular complexity index is 976. The van der Waals surface area contributed by atoms with Crippen molar-refractivity contribution in [1.29, 1.82) is 0 Å². The summed E-state index contributed by atoms with van der Waals surface area (Å²) in [6, 6.07) is 15.2. The molecule has 1 aromatic heterocycles. The third-order valence-corrected chi connectivity index (χ3v) is 5.25. The smallest absolute Gasteiger partial charge is 0.412 e. The van der Waals surface area contributed by atoms with Gasteiger partial charge in [-0.25, -0.2) is 0 Å². The maximum atomic E-state index is 11.5. The summed E-state index contributed by atoms with van der Waals surface area (Å²) in [4.78, 5) is 15.7. The highest BCUT2D eigenvalue weighted by molar-refractivity contribution is 5.98. The van der Waals surface area contributed by atoms with Crippen molar-refractivity contribution in [3.05, 3.63) is 64.2 Å². The lowest BCUT2D eigenvalue weighted by Gasteiger charge is -2.34. The Morgan fingerprint density at radius 2 is 1.65 bits per heavy atom. The van der Waals surface area contributed by atoms with Crippen molar-refractivity contribution in [1.82, 2.24) is 9.80 Å². The molecular formula is C21H27Cl2N3O5. The molecule has 1 aliphatic rings. The lowest BCUT2D eigenvalue weighted by atomic mass is 10.0. The second-order valence-electron chi connectivity index (χ2n) is 7.08. The van der Waals surface area contributed by atoms with Crippen LogP contribution in [0.25, 0.3) is 22.1 Å². The summed E-state index contributed by atoms with van der Waals surface area (Å²) in [5.74, 6) is -0.212. The number of benzene rings is 2. The molecule has 1 saturated heterocycles. The molecule has 1 aliphatic heterocycles. The second kappa shape index (κ2) is 12.0. The Morgan fingerprint density at radius 3 is 2.26 bits per heavy atom. The van der Waals surface area contributed by atoms with Crippen LogP contribution in [0.2, 0.25) is 0 Å². The van der Waals surface area contributed by atoms with Crippen LogP contribution in [-0.4, -0.2) is 64.6 Å². The first-order chi connectivity index (χ1) is 13.7. The number of fused-ring (bicyclic) bond motifs is 1. The van der Waals surface area contributed by atoms with Gasteiger partial charge in [-0.15, -0.1) is 24.8 Å². The Morgan fingerprint density at radius 1 is 1.00 bits per heavy atom. The van der Waals surface area contributed by atoms with E-state index in [-0.39, 0.29) is 42.8 Å². The zero-order chi connectivity index (χ0) is 19.5. The van der Waals surface area contributed by atoms with E-state index in [9.17, 15) is 10.1 Å². The molecule has 3 aromatic rings. The number of nitro groups is 1. The summed E-state index contributed by atoms with van der Waals surface area (Å²) >= 11 is 0. The molecule has 0 saturated carbocycles. The number of β-amino-alcohol motifs (C(OH)–C–C–N with tert-alkyl or cyclic N) is 1. The van der Waals surface area contributed by atoms with E-state index in [1.807, 2.05) is 48.5 Å². The number of furan rings is 1. The van der Waals surface area contributed by atoms with Gasteiger partial charge in [0.2, 0.25) is 0 Å². The first-order valence-electron chi connectivity index (χ1n) is 9.46. The van der Waals surface area contributed by atoms with E-state index in [4.69, 9.17) is 9.52 Å². The van der Waals surface area contributed by atoms with Crippen LogP contribution < -0.4 is 0 Å². The summed E-state index contributed by atoms with van der Waals surface area (Å²) < 4.78 is 5.56. The van der Waals surface area contributed by atoms with Crippen LogP contribution >= 0.6 is 24.8 Å². The lowest BCUT2D eigenvalue weighted by molar-refractivity contribution is -0.400. The fraction of sp³-hybridized carbons (Fsp3) is 0.333. The maximum Gasteiger partial charge on any atom is 0.442 e. The molecule has 10 heteroatoms. The van der Waals surface area contributed by atoms with E-state index in [0.717, 1.165) is 55.8 Å². The van der Waals surface area contributed by atoms with Gasteiger partial charge in [0.1, 0.15) is 16.1 Å². The van der Waals surface area contributed by atoms with Crippen LogP contribution in [0.3, 0.4) is 0 Å². The summed E-state index contributed by atoms with van der Waals surface area (Å²) in [7, 11) is 0. The predicted molar refractivity (Wildman–Crippen MR) is 125 cm³/mol. The minimum absolute atomic E-state index is 0. The third-order valence-electron chi connectivity index (χ3n) is 5.25. The van der Waals surface area contributed by atoms with Crippen LogP contribution in [0.4, 0.5) is 5.88 Å². The summed E-state index contributed by atoms with van der Waals surface area (Å²) in [5, 5.41) is 21.4. The molecule has 4 rings (SSSR count). The van der Waals surface area contributed by atoms with Crippen LogP contribution in [0.1, 0.15) is 5.56 Å². The molecule has 0 bridgehead atoms. The Kier molecular flexibility index (Phi) is 10.4. The largest absolute Gasteiger partial charge is 0.442 e. The topological polar surface area (TPSA) is 114 Å². The second-order valence-corrected chi connectivity index (χ2v) is 7.08. The molecule has 0 unspecified atom stereocenters. The fourth-order valence-corrected chi connectivity index (χ4v) is 3.81. The number of halogens is 2. The fourth-order valence-electron chi connectivity index (χ4n) is 3.81. The molecule has 8 nitrogen and oxygen atoms in total. The first-order valence-corrected chi connectivity index (χ1v) is 9.46. The number of hydrogen-bond donors (Lipinski definition) is 1. The van der Waals surface area contributed by atoms with Crippen molar-refractivity contribution in [2.45, 2.75) is 6.54 Å². The molecule has 0 radical (unpaired) electrons. The minimum atomic E-state index is -0.456. The van der Waals surface area contributed by atoms with E-state index in [2.05, 4.69) is 9.80 Å². The van der Waals surface area contributed by atoms with Crippen molar-refractivity contribution >= 4 is 41.7 Å². The number of rotatable bonds is 6. The van der Waals surface area contributed by atoms with Crippen molar-refractivity contribution < 1.29 is 19.9 Å². The normalized spacial score (nSPS) is 14.4. The number of nitrogens with zero attached hydrogens (tertiary/aromatic N) is 3. The van der Waals surface area contributed by atoms with Crippen molar-refractivity contribution in [2.75, 3.05) is 39.3 Å². The van der Waals surface area contributed by atoms with Gasteiger partial charge in [-0.2, -0.15) is 0 Å². The Balaban J connectivity index is 0.00000160. The van der Waals surface area contributed by atoms with Gasteiger partial charge in [0.25, 0.3) is 0 Å². The van der Waals surface area contributed by atoms with Gasteiger partial charge in [-0.05, 0) is 23.3 Å². The van der Waals surface area contributed by atoms with E-state index in [0.29, 0.717) is 11.1 Å². The average Bonchev–Trinajstić information content (AvgIpc) is 3.09. The maximum absolute atomic E-state index is 11.5. The lowest BCUT2D eigenvalue weighted by Crippen LogP contribution is -2.46. The molecule has 1 fully saturated rings. The van der Waals surface area contributed by atoms with Gasteiger partial charge < -0.3 is 15.0 Å². The highest BCUT2D eigenvalue weighted by Gasteiger charge is 2.25. The Labute approximate surface area is 192 Å². The van der Waals surface area contributed by atoms with Gasteiger partial charge in [0, 0.05) is 44.7 Å². The first kappa shape index (κ1) is 26.8. The summed E-state index contributed by atoms with van der Waals surface area (Å²) in [5.41, 5.74) is 2.95. The van der Waals surface area contributed by atoms with E-state index < -0.39 is 4.92 Å². The van der Waals surface area contributed by atoms with Crippen LogP contribution in [0.5, 0.6) is 0 Å². The van der Waals surface area contributed by atoms with Crippen molar-refractivity contribution in [3.63, 3.8) is 0 Å². The SMILES string of the molecule is Cl.Cl.O.O=[N+]([O-])c1oc2ccc(CN3CCN(CCO)CC3)cc2c1-c1ccccc1. The third kappa shape index (κ3) is 5.94. The van der Waals surface area contributed by atoms with Gasteiger partial charge in [0.05, 0.1) is 6.61 Å². The Hall–Kier alpha value is -2.20. The number of piperazine rings is 1. The van der Waals surface area contributed by atoms with Crippen molar-refractivity contribution in [3.8, 4) is 11.1 Å². The molecule has 0 amide bonds. The van der Waals surface area contributed by atoms with Gasteiger partial charge >= 0.3 is 5.88 Å². The molecule has 0 spiro atoms. The molecule has 170 valence electrons. The summed E-state index contributed by atoms with van der Waals surface area (Å²) in [6.45, 7) is 5.46. The van der Waals surface area contributed by atoms with E-state index in [1.165, 1.54) is 0 Å². The molecular weight excluding hydrogens is 445 g/mol. The molecule has 0 aliphatic carbocycles. The van der Waals surface area contributed by atoms with Crippen molar-refractivity contribution in [2.24, 2.45) is 0 Å². The zero-order valence-corrected chi connectivity index (χ0v) is 18.5. The van der Waals surface area contributed by atoms with E-state index in [1.54, 1.807) is 0 Å². The number of aliphatic hydroxyl groups is 1. The zero-order valence-electron chi connectivity index (χ0n) is 16.9. The van der Waals surface area contributed by atoms with Gasteiger partial charge in [0.15, 0.2) is 0 Å². The number of hydrogen-bond acceptors (Lipinski definition) is 6. The van der Waals surface area contributed by atoms with Crippen LogP contribution in [0.15, 0.2) is 52.9 Å². The predicted octanol–water partition coefficient (Wildman–Crippen LogP) is 3.14. The monoisotopic (exact) mass is 471 g/mol. The molecule has 3 N–H and O–H groups in total. The highest BCUT2D eigenvalue weighted by atomic mass is 35.5. The van der Waals surface area contributed by atoms with Crippen LogP contribution in [0, 0.1) is 10.1 Å². The molecule has 2 heterocycles. The average molecular weight is 472 g/mol. The van der Waals surface area contributed by atoms with Gasteiger partial charge in [-0.1, -0.05) is 36.4 Å². The van der Waals surface area contributed by atoms with Gasteiger partial charge in [-0.3, -0.25) is 19.9 Å². The molecule has 0 atom stereocenters.